The largest absolute Gasteiger partial charge is 0.389 e. The molecule has 0 radical (unpaired) electrons. The van der Waals surface area contributed by atoms with Gasteiger partial charge in [0, 0.05) is 31.1 Å². The zero-order valence-electron chi connectivity index (χ0n) is 15.4. The number of Topliss-reactive ketones (excluding diaryl/α,β-unsaturated/α-hetero) is 3. The molecule has 0 spiro atoms. The highest BCUT2D eigenvalue weighted by atomic mass is 16.3. The van der Waals surface area contributed by atoms with Crippen LogP contribution >= 0.6 is 0 Å². The third-order valence-corrected chi connectivity index (χ3v) is 8.71. The van der Waals surface area contributed by atoms with Gasteiger partial charge in [0.1, 0.15) is 18.2 Å². The van der Waals surface area contributed by atoms with E-state index in [0.29, 0.717) is 48.6 Å². The van der Waals surface area contributed by atoms with Crippen LogP contribution < -0.4 is 0 Å². The topological polar surface area (TPSA) is 71.4 Å². The van der Waals surface area contributed by atoms with Gasteiger partial charge in [-0.15, -0.1) is 0 Å². The van der Waals surface area contributed by atoms with Crippen molar-refractivity contribution in [2.24, 2.45) is 40.4 Å². The molecule has 4 aliphatic carbocycles. The lowest BCUT2D eigenvalue weighted by Gasteiger charge is -2.59. The molecule has 138 valence electrons. The predicted molar refractivity (Wildman–Crippen MR) is 92.7 cm³/mol. The Balaban J connectivity index is 1.67. The van der Waals surface area contributed by atoms with Crippen molar-refractivity contribution in [3.63, 3.8) is 0 Å². The Morgan fingerprint density at radius 2 is 1.88 bits per heavy atom. The SMILES string of the molecule is C[C@]12CCC(=O)C[C@H]1CC[C@H]1[C@@H]3CC[C@H](C(=O)CO)[C@@]3(C)CC(=O)[C@@H]12. The van der Waals surface area contributed by atoms with Gasteiger partial charge in [-0.3, -0.25) is 14.4 Å². The second-order valence-electron chi connectivity index (χ2n) is 9.67. The lowest BCUT2D eigenvalue weighted by atomic mass is 9.44. The molecule has 0 unspecified atom stereocenters. The molecular formula is C21H30O4. The van der Waals surface area contributed by atoms with Gasteiger partial charge in [0.25, 0.3) is 0 Å². The van der Waals surface area contributed by atoms with E-state index in [-0.39, 0.29) is 28.4 Å². The summed E-state index contributed by atoms with van der Waals surface area (Å²) in [5.74, 6) is 1.64. The van der Waals surface area contributed by atoms with Gasteiger partial charge in [-0.05, 0) is 60.7 Å². The summed E-state index contributed by atoms with van der Waals surface area (Å²) in [4.78, 5) is 37.5. The molecule has 0 saturated heterocycles. The Morgan fingerprint density at radius 1 is 1.12 bits per heavy atom. The second kappa shape index (κ2) is 5.73. The van der Waals surface area contributed by atoms with Gasteiger partial charge in [-0.2, -0.15) is 0 Å². The van der Waals surface area contributed by atoms with Gasteiger partial charge in [0.2, 0.25) is 0 Å². The molecule has 0 aromatic carbocycles. The summed E-state index contributed by atoms with van der Waals surface area (Å²) in [6.45, 7) is 3.97. The number of carbonyl (C=O) groups is 3. The average molecular weight is 346 g/mol. The molecule has 4 saturated carbocycles. The van der Waals surface area contributed by atoms with E-state index >= 15 is 0 Å². The van der Waals surface area contributed by atoms with Crippen molar-refractivity contribution >= 4 is 17.3 Å². The van der Waals surface area contributed by atoms with Crippen LogP contribution in [0.4, 0.5) is 0 Å². The van der Waals surface area contributed by atoms with E-state index in [9.17, 15) is 19.5 Å². The molecule has 25 heavy (non-hydrogen) atoms. The quantitative estimate of drug-likeness (QED) is 0.834. The fourth-order valence-electron chi connectivity index (χ4n) is 7.50. The number of hydrogen-bond acceptors (Lipinski definition) is 4. The minimum Gasteiger partial charge on any atom is -0.389 e. The van der Waals surface area contributed by atoms with Crippen molar-refractivity contribution in [1.29, 1.82) is 0 Å². The Morgan fingerprint density at radius 3 is 2.60 bits per heavy atom. The fraction of sp³-hybridized carbons (Fsp3) is 0.857. The molecule has 4 heteroatoms. The van der Waals surface area contributed by atoms with E-state index < -0.39 is 6.61 Å². The summed E-state index contributed by atoms with van der Waals surface area (Å²) in [5.41, 5.74) is -0.305. The number of aliphatic hydroxyl groups excluding tert-OH is 1. The van der Waals surface area contributed by atoms with Gasteiger partial charge in [0.05, 0.1) is 0 Å². The van der Waals surface area contributed by atoms with Gasteiger partial charge in [-0.25, -0.2) is 0 Å². The van der Waals surface area contributed by atoms with Crippen molar-refractivity contribution in [3.05, 3.63) is 0 Å². The molecule has 4 nitrogen and oxygen atoms in total. The van der Waals surface area contributed by atoms with E-state index in [0.717, 1.165) is 32.1 Å². The number of aliphatic hydroxyl groups is 1. The molecule has 0 aromatic heterocycles. The third kappa shape index (κ3) is 2.32. The summed E-state index contributed by atoms with van der Waals surface area (Å²) in [5, 5.41) is 9.35. The third-order valence-electron chi connectivity index (χ3n) is 8.71. The summed E-state index contributed by atoms with van der Waals surface area (Å²) in [6, 6.07) is 0. The van der Waals surface area contributed by atoms with Crippen molar-refractivity contribution < 1.29 is 19.5 Å². The van der Waals surface area contributed by atoms with Crippen LogP contribution in [0.2, 0.25) is 0 Å². The lowest BCUT2D eigenvalue weighted by Crippen LogP contribution is -2.57. The molecule has 4 fully saturated rings. The van der Waals surface area contributed by atoms with E-state index in [1.807, 2.05) is 0 Å². The molecule has 0 bridgehead atoms. The first kappa shape index (κ1) is 17.4. The van der Waals surface area contributed by atoms with Gasteiger partial charge >= 0.3 is 0 Å². The Labute approximate surface area is 149 Å². The smallest absolute Gasteiger partial charge is 0.161 e. The van der Waals surface area contributed by atoms with Crippen molar-refractivity contribution in [1.82, 2.24) is 0 Å². The van der Waals surface area contributed by atoms with Crippen LogP contribution in [0.5, 0.6) is 0 Å². The molecule has 4 aliphatic rings. The zero-order valence-corrected chi connectivity index (χ0v) is 15.4. The monoisotopic (exact) mass is 346 g/mol. The van der Waals surface area contributed by atoms with Crippen LogP contribution in [0.3, 0.4) is 0 Å². The van der Waals surface area contributed by atoms with Gasteiger partial charge < -0.3 is 5.11 Å². The summed E-state index contributed by atoms with van der Waals surface area (Å²) < 4.78 is 0. The number of rotatable bonds is 2. The first-order chi connectivity index (χ1) is 11.8. The highest BCUT2D eigenvalue weighted by Crippen LogP contribution is 2.66. The maximum absolute atomic E-state index is 13.3. The number of hydrogen-bond donors (Lipinski definition) is 1. The summed E-state index contributed by atoms with van der Waals surface area (Å²) >= 11 is 0. The minimum absolute atomic E-state index is 0.0334. The van der Waals surface area contributed by atoms with Crippen LogP contribution in [0.15, 0.2) is 0 Å². The van der Waals surface area contributed by atoms with E-state index in [1.165, 1.54) is 0 Å². The molecule has 0 aliphatic heterocycles. The number of ketones is 3. The maximum Gasteiger partial charge on any atom is 0.161 e. The lowest BCUT2D eigenvalue weighted by molar-refractivity contribution is -0.161. The minimum atomic E-state index is -0.406. The van der Waals surface area contributed by atoms with Crippen LogP contribution in [0.1, 0.15) is 65.2 Å². The highest BCUT2D eigenvalue weighted by molar-refractivity contribution is 5.88. The number of fused-ring (bicyclic) bond motifs is 5. The van der Waals surface area contributed by atoms with Crippen molar-refractivity contribution in [3.8, 4) is 0 Å². The van der Waals surface area contributed by atoms with Crippen LogP contribution in [-0.4, -0.2) is 29.1 Å². The Kier molecular flexibility index (Phi) is 3.99. The van der Waals surface area contributed by atoms with E-state index in [2.05, 4.69) is 13.8 Å². The van der Waals surface area contributed by atoms with Gasteiger partial charge in [0.15, 0.2) is 5.78 Å². The van der Waals surface area contributed by atoms with Crippen molar-refractivity contribution in [2.45, 2.75) is 65.2 Å². The number of carbonyl (C=O) groups excluding carboxylic acids is 3. The average Bonchev–Trinajstić information content (AvgIpc) is 2.91. The Bertz CT molecular complexity index is 625. The summed E-state index contributed by atoms with van der Waals surface area (Å²) in [6.07, 6.45) is 6.48. The Hall–Kier alpha value is -1.03. The van der Waals surface area contributed by atoms with Gasteiger partial charge in [-0.1, -0.05) is 13.8 Å². The molecule has 0 aromatic rings. The van der Waals surface area contributed by atoms with Crippen LogP contribution in [0.25, 0.3) is 0 Å². The first-order valence-electron chi connectivity index (χ1n) is 9.99. The standard InChI is InChI=1S/C21H30O4/c1-20-8-7-13(23)9-12(20)3-4-14-15-5-6-16(18(25)11-22)21(15,2)10-17(24)19(14)20/h12,14-16,19,22H,3-11H2,1-2H3/t12-,14+,15+,16-,19-,20+,21+/m1/s1. The molecular weight excluding hydrogens is 316 g/mol. The fourth-order valence-corrected chi connectivity index (χ4v) is 7.50. The zero-order chi connectivity index (χ0) is 18.0. The molecule has 1 N–H and O–H groups in total. The maximum atomic E-state index is 13.3. The van der Waals surface area contributed by atoms with E-state index in [4.69, 9.17) is 0 Å². The molecule has 0 heterocycles. The molecule has 7 atom stereocenters. The van der Waals surface area contributed by atoms with E-state index in [1.54, 1.807) is 0 Å². The second-order valence-corrected chi connectivity index (χ2v) is 9.67. The van der Waals surface area contributed by atoms with Crippen molar-refractivity contribution in [2.75, 3.05) is 6.61 Å². The summed E-state index contributed by atoms with van der Waals surface area (Å²) in [7, 11) is 0. The first-order valence-corrected chi connectivity index (χ1v) is 9.99. The molecule has 0 amide bonds. The molecule has 4 rings (SSSR count). The predicted octanol–water partition coefficient (Wildman–Crippen LogP) is 2.95. The normalized spacial score (nSPS) is 49.3. The van der Waals surface area contributed by atoms with Crippen LogP contribution in [0, 0.1) is 40.4 Å². The highest BCUT2D eigenvalue weighted by Gasteiger charge is 2.63. The van der Waals surface area contributed by atoms with Crippen LogP contribution in [-0.2, 0) is 14.4 Å².